The molecular weight excluding hydrogens is 158 g/mol. The Morgan fingerprint density at radius 2 is 2.17 bits per heavy atom. The third kappa shape index (κ3) is 1.47. The highest BCUT2D eigenvalue weighted by atomic mass is 16.5. The van der Waals surface area contributed by atoms with Crippen LogP contribution in [-0.4, -0.2) is 18.0 Å². The van der Waals surface area contributed by atoms with E-state index in [2.05, 4.69) is 5.32 Å². The Morgan fingerprint density at radius 1 is 1.58 bits per heavy atom. The van der Waals surface area contributed by atoms with E-state index in [0.29, 0.717) is 0 Å². The van der Waals surface area contributed by atoms with Crippen LogP contribution < -0.4 is 5.32 Å². The van der Waals surface area contributed by atoms with Crippen LogP contribution in [-0.2, 0) is 14.3 Å². The summed E-state index contributed by atoms with van der Waals surface area (Å²) in [6.45, 7) is 4.89. The molecule has 1 aliphatic rings. The predicted octanol–water partition coefficient (Wildman–Crippen LogP) is 0.342. The van der Waals surface area contributed by atoms with Gasteiger partial charge in [0.25, 0.3) is 0 Å². The third-order valence-electron chi connectivity index (χ3n) is 1.79. The highest BCUT2D eigenvalue weighted by Crippen LogP contribution is 2.19. The fourth-order valence-corrected chi connectivity index (χ4v) is 0.998. The molecule has 0 bridgehead atoms. The van der Waals surface area contributed by atoms with Gasteiger partial charge in [-0.15, -0.1) is 0 Å². The molecule has 1 N–H and O–H groups in total. The minimum atomic E-state index is -0.449. The molecule has 0 spiro atoms. The lowest BCUT2D eigenvalue weighted by molar-refractivity contribution is -0.140. The van der Waals surface area contributed by atoms with Crippen molar-refractivity contribution in [1.82, 2.24) is 5.32 Å². The van der Waals surface area contributed by atoms with E-state index >= 15 is 0 Å². The van der Waals surface area contributed by atoms with Crippen LogP contribution in [0.1, 0.15) is 20.8 Å². The Labute approximate surface area is 70.6 Å². The third-order valence-corrected chi connectivity index (χ3v) is 1.79. The fraction of sp³-hybridized carbons (Fsp3) is 0.500. The van der Waals surface area contributed by atoms with Gasteiger partial charge in [-0.3, -0.25) is 4.79 Å². The van der Waals surface area contributed by atoms with Crippen LogP contribution in [0.4, 0.5) is 0 Å². The van der Waals surface area contributed by atoms with E-state index in [-0.39, 0.29) is 17.7 Å². The van der Waals surface area contributed by atoms with Crippen LogP contribution in [0.2, 0.25) is 0 Å². The quantitative estimate of drug-likeness (QED) is 0.576. The van der Waals surface area contributed by atoms with Crippen molar-refractivity contribution in [2.24, 2.45) is 0 Å². The number of carbonyl (C=O) groups excluding carboxylic acids is 2. The van der Waals surface area contributed by atoms with Gasteiger partial charge in [-0.05, 0) is 19.4 Å². The second-order valence-corrected chi connectivity index (χ2v) is 2.79. The van der Waals surface area contributed by atoms with Crippen LogP contribution in [0, 0.1) is 0 Å². The minimum absolute atomic E-state index is 0.223. The Kier molecular flexibility index (Phi) is 2.17. The number of carbonyl (C=O) groups is 2. The second kappa shape index (κ2) is 2.97. The van der Waals surface area contributed by atoms with Crippen LogP contribution in [0.25, 0.3) is 0 Å². The lowest BCUT2D eigenvalue weighted by Gasteiger charge is -2.00. The number of esters is 1. The average molecular weight is 169 g/mol. The summed E-state index contributed by atoms with van der Waals surface area (Å²) in [6, 6.07) is 0. The van der Waals surface area contributed by atoms with Gasteiger partial charge in [-0.1, -0.05) is 0 Å². The highest BCUT2D eigenvalue weighted by molar-refractivity contribution is 5.96. The molecule has 12 heavy (non-hydrogen) atoms. The molecule has 1 rings (SSSR count). The summed E-state index contributed by atoms with van der Waals surface area (Å²) in [5.41, 5.74) is 1.06. The van der Waals surface area contributed by atoms with Crippen molar-refractivity contribution in [2.75, 3.05) is 0 Å². The van der Waals surface area contributed by atoms with Gasteiger partial charge < -0.3 is 10.1 Å². The summed E-state index contributed by atoms with van der Waals surface area (Å²) < 4.78 is 4.86. The first kappa shape index (κ1) is 8.77. The molecule has 0 unspecified atom stereocenters. The van der Waals surface area contributed by atoms with Gasteiger partial charge in [0.15, 0.2) is 0 Å². The molecule has 0 saturated carbocycles. The number of amides is 1. The maximum atomic E-state index is 11.0. The van der Waals surface area contributed by atoms with Crippen LogP contribution in [0.5, 0.6) is 0 Å². The largest absolute Gasteiger partial charge is 0.453 e. The molecule has 0 aromatic rings. The van der Waals surface area contributed by atoms with Crippen molar-refractivity contribution < 1.29 is 14.3 Å². The van der Waals surface area contributed by atoms with Crippen molar-refractivity contribution in [2.45, 2.75) is 26.9 Å². The predicted molar refractivity (Wildman–Crippen MR) is 42.1 cm³/mol. The normalized spacial score (nSPS) is 22.6. The zero-order valence-corrected chi connectivity index (χ0v) is 7.30. The minimum Gasteiger partial charge on any atom is -0.453 e. The van der Waals surface area contributed by atoms with Gasteiger partial charge in [0.2, 0.25) is 5.91 Å². The summed E-state index contributed by atoms with van der Waals surface area (Å²) in [7, 11) is 0. The average Bonchev–Trinajstić information content (AvgIpc) is 2.16. The van der Waals surface area contributed by atoms with Crippen molar-refractivity contribution in [1.29, 1.82) is 0 Å². The highest BCUT2D eigenvalue weighted by Gasteiger charge is 2.28. The maximum absolute atomic E-state index is 11.0. The second-order valence-electron chi connectivity index (χ2n) is 2.79. The van der Waals surface area contributed by atoms with Crippen LogP contribution in [0.15, 0.2) is 11.3 Å². The summed E-state index contributed by atoms with van der Waals surface area (Å²) >= 11 is 0. The van der Waals surface area contributed by atoms with Gasteiger partial charge in [0.05, 0.1) is 0 Å². The van der Waals surface area contributed by atoms with Gasteiger partial charge in [0, 0.05) is 6.92 Å². The van der Waals surface area contributed by atoms with E-state index in [1.807, 2.05) is 0 Å². The van der Waals surface area contributed by atoms with E-state index in [1.54, 1.807) is 13.8 Å². The molecular formula is C8H11NO3. The molecule has 1 heterocycles. The van der Waals surface area contributed by atoms with Gasteiger partial charge in [0.1, 0.15) is 11.8 Å². The SMILES string of the molecule is CC(=O)NC1=C(C)[C@@H](C)OC1=O. The molecule has 0 aliphatic carbocycles. The van der Waals surface area contributed by atoms with Crippen LogP contribution in [0.3, 0.4) is 0 Å². The Balaban J connectivity index is 2.85. The van der Waals surface area contributed by atoms with E-state index in [9.17, 15) is 9.59 Å². The number of cyclic esters (lactones) is 1. The first-order valence-electron chi connectivity index (χ1n) is 3.71. The molecule has 0 saturated heterocycles. The summed E-state index contributed by atoms with van der Waals surface area (Å²) in [4.78, 5) is 21.7. The molecule has 0 aromatic heterocycles. The summed E-state index contributed by atoms with van der Waals surface area (Å²) in [5.74, 6) is -0.703. The Bertz CT molecular complexity index is 267. The topological polar surface area (TPSA) is 55.4 Å². The smallest absolute Gasteiger partial charge is 0.355 e. The fourth-order valence-electron chi connectivity index (χ4n) is 0.998. The molecule has 0 radical (unpaired) electrons. The van der Waals surface area contributed by atoms with Crippen molar-refractivity contribution >= 4 is 11.9 Å². The number of nitrogens with one attached hydrogen (secondary N) is 1. The number of rotatable bonds is 1. The first-order valence-corrected chi connectivity index (χ1v) is 3.71. The summed E-state index contributed by atoms with van der Waals surface area (Å²) in [6.07, 6.45) is -0.223. The zero-order valence-electron chi connectivity index (χ0n) is 7.30. The maximum Gasteiger partial charge on any atom is 0.355 e. The standard InChI is InChI=1S/C8H11NO3/c1-4-5(2)12-8(11)7(4)9-6(3)10/h5H,1-3H3,(H,9,10)/t5-/m1/s1. The molecule has 0 aromatic carbocycles. The lowest BCUT2D eigenvalue weighted by atomic mass is 10.2. The molecule has 1 aliphatic heterocycles. The Hall–Kier alpha value is -1.32. The lowest BCUT2D eigenvalue weighted by Crippen LogP contribution is -2.23. The van der Waals surface area contributed by atoms with Crippen molar-refractivity contribution in [3.05, 3.63) is 11.3 Å². The van der Waals surface area contributed by atoms with E-state index in [1.165, 1.54) is 6.92 Å². The molecule has 66 valence electrons. The Morgan fingerprint density at radius 3 is 2.50 bits per heavy atom. The molecule has 4 nitrogen and oxygen atoms in total. The summed E-state index contributed by atoms with van der Waals surface area (Å²) in [5, 5.41) is 2.44. The zero-order chi connectivity index (χ0) is 9.30. The van der Waals surface area contributed by atoms with E-state index in [0.717, 1.165) is 5.57 Å². The monoisotopic (exact) mass is 169 g/mol. The van der Waals surface area contributed by atoms with Gasteiger partial charge in [-0.2, -0.15) is 0 Å². The molecule has 1 amide bonds. The van der Waals surface area contributed by atoms with Crippen molar-refractivity contribution in [3.8, 4) is 0 Å². The van der Waals surface area contributed by atoms with E-state index in [4.69, 9.17) is 4.74 Å². The molecule has 0 fully saturated rings. The molecule has 1 atom stereocenters. The van der Waals surface area contributed by atoms with Gasteiger partial charge >= 0.3 is 5.97 Å². The number of ether oxygens (including phenoxy) is 1. The van der Waals surface area contributed by atoms with Crippen LogP contribution >= 0.6 is 0 Å². The number of hydrogen-bond donors (Lipinski definition) is 1. The van der Waals surface area contributed by atoms with E-state index < -0.39 is 5.97 Å². The van der Waals surface area contributed by atoms with Crippen molar-refractivity contribution in [3.63, 3.8) is 0 Å². The van der Waals surface area contributed by atoms with Gasteiger partial charge in [-0.25, -0.2) is 4.79 Å². The number of hydrogen-bond acceptors (Lipinski definition) is 3. The first-order chi connectivity index (χ1) is 5.52. The molecule has 4 heteroatoms.